The summed E-state index contributed by atoms with van der Waals surface area (Å²) >= 11 is 0. The van der Waals surface area contributed by atoms with Gasteiger partial charge in [-0.2, -0.15) is 0 Å². The quantitative estimate of drug-likeness (QED) is 0.0261. The highest BCUT2D eigenvalue weighted by molar-refractivity contribution is 5.71. The van der Waals surface area contributed by atoms with Crippen LogP contribution in [0.25, 0.3) is 0 Å². The van der Waals surface area contributed by atoms with Crippen LogP contribution in [0, 0.1) is 0 Å². The van der Waals surface area contributed by atoms with E-state index in [0.29, 0.717) is 19.3 Å². The standard InChI is InChI=1S/C77H138O6/c1-4-7-10-13-16-19-22-24-26-28-30-32-34-36-37-38-39-41-42-44-46-48-50-52-55-58-61-64-67-70-76(79)82-73-74(72-81-75(78)69-66-63-60-57-54-21-18-15-12-9-6-3)83-77(80)71-68-65-62-59-56-53-51-49-47-45-43-40-35-33-31-29-27-25-23-20-17-14-11-8-5-2/h7,10,15-16,18-19,24,26,29-32,74H,4-6,8-9,11-14,17,20-23,25,27-28,33-73H2,1-3H3/b10-7-,18-15-,19-16-,26-24-,31-29-,32-30-. The summed E-state index contributed by atoms with van der Waals surface area (Å²) < 4.78 is 17.0. The van der Waals surface area contributed by atoms with Crippen molar-refractivity contribution in [2.75, 3.05) is 13.2 Å². The van der Waals surface area contributed by atoms with Crippen molar-refractivity contribution >= 4 is 17.9 Å². The lowest BCUT2D eigenvalue weighted by Gasteiger charge is -2.18. The number of rotatable bonds is 67. The van der Waals surface area contributed by atoms with Crippen LogP contribution < -0.4 is 0 Å². The van der Waals surface area contributed by atoms with Crippen LogP contribution in [-0.4, -0.2) is 37.2 Å². The number of unbranched alkanes of at least 4 members (excludes halogenated alkanes) is 44. The molecule has 0 radical (unpaired) electrons. The molecule has 0 heterocycles. The maximum atomic E-state index is 13.0. The smallest absolute Gasteiger partial charge is 0.306 e. The number of allylic oxidation sites excluding steroid dienone is 12. The van der Waals surface area contributed by atoms with E-state index in [9.17, 15) is 14.4 Å². The van der Waals surface area contributed by atoms with Crippen LogP contribution in [0.15, 0.2) is 72.9 Å². The van der Waals surface area contributed by atoms with Crippen molar-refractivity contribution in [3.63, 3.8) is 0 Å². The summed E-state index contributed by atoms with van der Waals surface area (Å²) in [6, 6.07) is 0. The molecule has 83 heavy (non-hydrogen) atoms. The first-order valence-electron chi connectivity index (χ1n) is 36.4. The van der Waals surface area contributed by atoms with Crippen LogP contribution in [-0.2, 0) is 28.6 Å². The van der Waals surface area contributed by atoms with E-state index in [2.05, 4.69) is 93.7 Å². The van der Waals surface area contributed by atoms with Crippen molar-refractivity contribution in [3.05, 3.63) is 72.9 Å². The van der Waals surface area contributed by atoms with Gasteiger partial charge in [0.1, 0.15) is 13.2 Å². The van der Waals surface area contributed by atoms with Gasteiger partial charge in [0.2, 0.25) is 0 Å². The molecule has 0 aromatic carbocycles. The van der Waals surface area contributed by atoms with Crippen molar-refractivity contribution in [2.24, 2.45) is 0 Å². The molecule has 0 saturated heterocycles. The molecule has 0 aromatic heterocycles. The third kappa shape index (κ3) is 69.5. The second-order valence-corrected chi connectivity index (χ2v) is 24.5. The number of esters is 3. The Morgan fingerprint density at radius 1 is 0.253 bits per heavy atom. The number of hydrogen-bond acceptors (Lipinski definition) is 6. The molecule has 1 atom stereocenters. The van der Waals surface area contributed by atoms with E-state index in [1.807, 2.05) is 0 Å². The predicted octanol–water partition coefficient (Wildman–Crippen LogP) is 25.2. The maximum absolute atomic E-state index is 13.0. The minimum atomic E-state index is -0.778. The molecule has 0 N–H and O–H groups in total. The Labute approximate surface area is 516 Å². The van der Waals surface area contributed by atoms with E-state index in [4.69, 9.17) is 14.2 Å². The summed E-state index contributed by atoms with van der Waals surface area (Å²) in [6.07, 6.45) is 93.8. The van der Waals surface area contributed by atoms with Gasteiger partial charge >= 0.3 is 17.9 Å². The molecule has 0 spiro atoms. The van der Waals surface area contributed by atoms with Crippen molar-refractivity contribution in [1.82, 2.24) is 0 Å². The van der Waals surface area contributed by atoms with Crippen LogP contribution in [0.1, 0.15) is 380 Å². The SMILES string of the molecule is CC/C=C\C/C=C\C/C=C\C/C=C\CCCCCCCCCCCCCCCCCCC(=O)OCC(COC(=O)CCCCCCC/C=C\CCCC)OC(=O)CCCCCCCCCCCCCCC/C=C\CCCCCCCCCC. The zero-order valence-electron chi connectivity index (χ0n) is 55.5. The van der Waals surface area contributed by atoms with E-state index >= 15 is 0 Å². The van der Waals surface area contributed by atoms with Gasteiger partial charge in [0.25, 0.3) is 0 Å². The van der Waals surface area contributed by atoms with Crippen molar-refractivity contribution < 1.29 is 28.6 Å². The highest BCUT2D eigenvalue weighted by Crippen LogP contribution is 2.18. The lowest BCUT2D eigenvalue weighted by molar-refractivity contribution is -0.167. The molecule has 0 saturated carbocycles. The normalized spacial score (nSPS) is 12.5. The Kier molecular flexibility index (Phi) is 68.6. The van der Waals surface area contributed by atoms with Gasteiger partial charge in [-0.25, -0.2) is 0 Å². The minimum Gasteiger partial charge on any atom is -0.462 e. The second-order valence-electron chi connectivity index (χ2n) is 24.5. The number of carbonyl (C=O) groups is 3. The van der Waals surface area contributed by atoms with E-state index in [-0.39, 0.29) is 31.1 Å². The number of hydrogen-bond donors (Lipinski definition) is 0. The molecule has 0 aliphatic rings. The molecule has 1 unspecified atom stereocenters. The van der Waals surface area contributed by atoms with Gasteiger partial charge in [-0.1, -0.05) is 331 Å². The average molecular weight is 1160 g/mol. The molecule has 0 amide bonds. The summed E-state index contributed by atoms with van der Waals surface area (Å²) in [7, 11) is 0. The molecule has 0 rings (SSSR count). The Morgan fingerprint density at radius 3 is 0.783 bits per heavy atom. The first kappa shape index (κ1) is 79.8. The zero-order valence-corrected chi connectivity index (χ0v) is 55.5. The van der Waals surface area contributed by atoms with Crippen LogP contribution in [0.2, 0.25) is 0 Å². The summed E-state index contributed by atoms with van der Waals surface area (Å²) in [6.45, 7) is 6.54. The van der Waals surface area contributed by atoms with Crippen LogP contribution in [0.3, 0.4) is 0 Å². The Morgan fingerprint density at radius 2 is 0.482 bits per heavy atom. The van der Waals surface area contributed by atoms with Gasteiger partial charge in [-0.3, -0.25) is 14.4 Å². The van der Waals surface area contributed by atoms with Crippen LogP contribution >= 0.6 is 0 Å². The van der Waals surface area contributed by atoms with Gasteiger partial charge in [-0.15, -0.1) is 0 Å². The van der Waals surface area contributed by atoms with Gasteiger partial charge in [-0.05, 0) is 103 Å². The number of carbonyl (C=O) groups excluding carboxylic acids is 3. The molecule has 6 nitrogen and oxygen atoms in total. The largest absolute Gasteiger partial charge is 0.462 e. The van der Waals surface area contributed by atoms with E-state index in [0.717, 1.165) is 89.9 Å². The highest BCUT2D eigenvalue weighted by Gasteiger charge is 2.19. The molecule has 482 valence electrons. The third-order valence-corrected chi connectivity index (χ3v) is 16.2. The minimum absolute atomic E-state index is 0.0738. The van der Waals surface area contributed by atoms with E-state index < -0.39 is 6.10 Å². The van der Waals surface area contributed by atoms with Gasteiger partial charge in [0.05, 0.1) is 0 Å². The monoisotopic (exact) mass is 1160 g/mol. The maximum Gasteiger partial charge on any atom is 0.306 e. The molecular formula is C77H138O6. The summed E-state index contributed by atoms with van der Waals surface area (Å²) in [5.74, 6) is -0.862. The highest BCUT2D eigenvalue weighted by atomic mass is 16.6. The van der Waals surface area contributed by atoms with Crippen molar-refractivity contribution in [3.8, 4) is 0 Å². The Balaban J connectivity index is 4.16. The molecule has 0 aromatic rings. The topological polar surface area (TPSA) is 78.9 Å². The third-order valence-electron chi connectivity index (χ3n) is 16.2. The molecule has 0 aliphatic carbocycles. The second kappa shape index (κ2) is 71.3. The van der Waals surface area contributed by atoms with Crippen molar-refractivity contribution in [1.29, 1.82) is 0 Å². The summed E-state index contributed by atoms with van der Waals surface area (Å²) in [5.41, 5.74) is 0. The zero-order chi connectivity index (χ0) is 59.9. The fraction of sp³-hybridized carbons (Fsp3) is 0.805. The predicted molar refractivity (Wildman–Crippen MR) is 362 cm³/mol. The fourth-order valence-corrected chi connectivity index (χ4v) is 10.7. The summed E-state index contributed by atoms with van der Waals surface area (Å²) in [5, 5.41) is 0. The molecule has 0 fully saturated rings. The number of ether oxygens (including phenoxy) is 3. The first-order chi connectivity index (χ1) is 41.0. The Bertz CT molecular complexity index is 1520. The van der Waals surface area contributed by atoms with Crippen LogP contribution in [0.4, 0.5) is 0 Å². The Hall–Kier alpha value is -3.15. The fourth-order valence-electron chi connectivity index (χ4n) is 10.7. The molecule has 0 aliphatic heterocycles. The van der Waals surface area contributed by atoms with Crippen LogP contribution in [0.5, 0.6) is 0 Å². The first-order valence-corrected chi connectivity index (χ1v) is 36.4. The lowest BCUT2D eigenvalue weighted by atomic mass is 10.0. The van der Waals surface area contributed by atoms with Gasteiger partial charge in [0.15, 0.2) is 6.10 Å². The van der Waals surface area contributed by atoms with E-state index in [1.165, 1.54) is 250 Å². The van der Waals surface area contributed by atoms with Gasteiger partial charge in [0, 0.05) is 19.3 Å². The van der Waals surface area contributed by atoms with E-state index in [1.54, 1.807) is 0 Å². The molecule has 6 heteroatoms. The lowest BCUT2D eigenvalue weighted by Crippen LogP contribution is -2.30. The molecular weight excluding hydrogens is 1020 g/mol. The van der Waals surface area contributed by atoms with Crippen molar-refractivity contribution in [2.45, 2.75) is 386 Å². The summed E-state index contributed by atoms with van der Waals surface area (Å²) in [4.78, 5) is 38.4. The molecule has 0 bridgehead atoms. The average Bonchev–Trinajstić information content (AvgIpc) is 3.48. The van der Waals surface area contributed by atoms with Gasteiger partial charge < -0.3 is 14.2 Å².